The minimum absolute atomic E-state index is 0.0148. The van der Waals surface area contributed by atoms with E-state index in [9.17, 15) is 9.59 Å². The zero-order valence-electron chi connectivity index (χ0n) is 17.9. The van der Waals surface area contributed by atoms with E-state index in [4.69, 9.17) is 16.3 Å². The standard InChI is InChI=1S/C24H28ClN3O3/c1-16-5-10-22-21(12-16)28(14-17(2)31-22)24(30)27-11-3-4-19(15-27)23(29)26-13-18-6-8-20(25)9-7-18/h5-10,12,17,19H,3-4,11,13-15H2,1-2H3,(H,26,29)/t17-,19+/m0/s1. The lowest BCUT2D eigenvalue weighted by atomic mass is 9.97. The lowest BCUT2D eigenvalue weighted by molar-refractivity contribution is -0.126. The van der Waals surface area contributed by atoms with Gasteiger partial charge in [-0.15, -0.1) is 0 Å². The van der Waals surface area contributed by atoms with E-state index >= 15 is 0 Å². The fourth-order valence-corrected chi connectivity index (χ4v) is 4.33. The predicted octanol–water partition coefficient (Wildman–Crippen LogP) is 4.38. The minimum Gasteiger partial charge on any atom is -0.487 e. The third-order valence-corrected chi connectivity index (χ3v) is 6.10. The van der Waals surface area contributed by atoms with Crippen molar-refractivity contribution >= 4 is 29.2 Å². The molecule has 6 nitrogen and oxygen atoms in total. The van der Waals surface area contributed by atoms with Gasteiger partial charge >= 0.3 is 6.03 Å². The smallest absolute Gasteiger partial charge is 0.324 e. The monoisotopic (exact) mass is 441 g/mol. The molecule has 0 saturated carbocycles. The van der Waals surface area contributed by atoms with E-state index in [1.807, 2.05) is 56.3 Å². The molecule has 1 fully saturated rings. The molecule has 2 aliphatic heterocycles. The number of ether oxygens (including phenoxy) is 1. The van der Waals surface area contributed by atoms with Crippen LogP contribution in [0.15, 0.2) is 42.5 Å². The van der Waals surface area contributed by atoms with E-state index in [0.29, 0.717) is 31.2 Å². The number of benzene rings is 2. The molecule has 0 aliphatic carbocycles. The van der Waals surface area contributed by atoms with Crippen molar-refractivity contribution in [1.29, 1.82) is 0 Å². The number of piperidine rings is 1. The zero-order valence-corrected chi connectivity index (χ0v) is 18.7. The van der Waals surface area contributed by atoms with Gasteiger partial charge in [0.25, 0.3) is 0 Å². The van der Waals surface area contributed by atoms with Crippen LogP contribution in [0.4, 0.5) is 10.5 Å². The van der Waals surface area contributed by atoms with Crippen molar-refractivity contribution < 1.29 is 14.3 Å². The van der Waals surface area contributed by atoms with E-state index < -0.39 is 0 Å². The van der Waals surface area contributed by atoms with Crippen LogP contribution in [0.5, 0.6) is 5.75 Å². The topological polar surface area (TPSA) is 61.9 Å². The third kappa shape index (κ3) is 4.96. The summed E-state index contributed by atoms with van der Waals surface area (Å²) < 4.78 is 5.91. The van der Waals surface area contributed by atoms with Crippen LogP contribution in [0.25, 0.3) is 0 Å². The van der Waals surface area contributed by atoms with Gasteiger partial charge in [-0.2, -0.15) is 0 Å². The molecule has 0 spiro atoms. The number of hydrogen-bond donors (Lipinski definition) is 1. The number of amides is 3. The van der Waals surface area contributed by atoms with Gasteiger partial charge in [-0.25, -0.2) is 4.79 Å². The van der Waals surface area contributed by atoms with Gasteiger partial charge in [0.15, 0.2) is 0 Å². The Kier molecular flexibility index (Phi) is 6.37. The van der Waals surface area contributed by atoms with Gasteiger partial charge in [0, 0.05) is 24.7 Å². The number of aryl methyl sites for hydroxylation is 1. The highest BCUT2D eigenvalue weighted by Crippen LogP contribution is 2.35. The van der Waals surface area contributed by atoms with E-state index in [0.717, 1.165) is 35.4 Å². The largest absolute Gasteiger partial charge is 0.487 e. The number of nitrogens with one attached hydrogen (secondary N) is 1. The summed E-state index contributed by atoms with van der Waals surface area (Å²) in [7, 11) is 0. The SMILES string of the molecule is Cc1ccc2c(c1)N(C(=O)N1CCC[C@@H](C(=O)NCc3ccc(Cl)cc3)C1)C[C@H](C)O2. The van der Waals surface area contributed by atoms with Crippen LogP contribution in [-0.4, -0.2) is 42.6 Å². The van der Waals surface area contributed by atoms with Gasteiger partial charge in [-0.05, 0) is 62.1 Å². The normalized spacial score (nSPS) is 20.6. The lowest BCUT2D eigenvalue weighted by Crippen LogP contribution is -2.53. The second kappa shape index (κ2) is 9.18. The number of fused-ring (bicyclic) bond motifs is 1. The van der Waals surface area contributed by atoms with E-state index in [2.05, 4.69) is 5.32 Å². The van der Waals surface area contributed by atoms with Gasteiger partial charge in [0.05, 0.1) is 18.2 Å². The van der Waals surface area contributed by atoms with Gasteiger partial charge in [0.2, 0.25) is 5.91 Å². The van der Waals surface area contributed by atoms with Crippen LogP contribution < -0.4 is 15.0 Å². The third-order valence-electron chi connectivity index (χ3n) is 5.85. The van der Waals surface area contributed by atoms with Gasteiger partial charge < -0.3 is 15.0 Å². The lowest BCUT2D eigenvalue weighted by Gasteiger charge is -2.39. The Morgan fingerprint density at radius 2 is 1.94 bits per heavy atom. The molecule has 3 amide bonds. The molecular weight excluding hydrogens is 414 g/mol. The average molecular weight is 442 g/mol. The molecule has 0 bridgehead atoms. The van der Waals surface area contributed by atoms with Crippen molar-refractivity contribution in [3.8, 4) is 5.75 Å². The second-order valence-corrected chi connectivity index (χ2v) is 8.86. The zero-order chi connectivity index (χ0) is 22.0. The van der Waals surface area contributed by atoms with Crippen LogP contribution in [0.1, 0.15) is 30.9 Å². The molecule has 31 heavy (non-hydrogen) atoms. The maximum absolute atomic E-state index is 13.4. The molecule has 164 valence electrons. The molecule has 1 N–H and O–H groups in total. The molecule has 2 heterocycles. The van der Waals surface area contributed by atoms with Crippen molar-refractivity contribution in [3.05, 3.63) is 58.6 Å². The quantitative estimate of drug-likeness (QED) is 0.768. The number of anilines is 1. The number of carbonyl (C=O) groups excluding carboxylic acids is 2. The summed E-state index contributed by atoms with van der Waals surface area (Å²) in [6.07, 6.45) is 1.51. The fourth-order valence-electron chi connectivity index (χ4n) is 4.20. The van der Waals surface area contributed by atoms with Gasteiger partial charge in [-0.1, -0.05) is 29.8 Å². The first-order valence-electron chi connectivity index (χ1n) is 10.8. The van der Waals surface area contributed by atoms with Crippen LogP contribution >= 0.6 is 11.6 Å². The molecule has 2 aliphatic rings. The number of rotatable bonds is 3. The molecule has 2 aromatic rings. The molecule has 1 saturated heterocycles. The minimum atomic E-state index is -0.208. The first kappa shape index (κ1) is 21.5. The van der Waals surface area contributed by atoms with Crippen molar-refractivity contribution in [3.63, 3.8) is 0 Å². The summed E-state index contributed by atoms with van der Waals surface area (Å²) in [4.78, 5) is 29.8. The Labute approximate surface area is 188 Å². The van der Waals surface area contributed by atoms with Gasteiger partial charge in [0.1, 0.15) is 11.9 Å². The maximum atomic E-state index is 13.4. The first-order valence-corrected chi connectivity index (χ1v) is 11.1. The number of halogens is 1. The summed E-state index contributed by atoms with van der Waals surface area (Å²) >= 11 is 5.92. The highest BCUT2D eigenvalue weighted by atomic mass is 35.5. The van der Waals surface area contributed by atoms with Crippen LogP contribution in [0, 0.1) is 12.8 Å². The molecular formula is C24H28ClN3O3. The highest BCUT2D eigenvalue weighted by molar-refractivity contribution is 6.30. The number of likely N-dealkylation sites (tertiary alicyclic amines) is 1. The summed E-state index contributed by atoms with van der Waals surface area (Å²) in [5.74, 6) is 0.506. The van der Waals surface area contributed by atoms with Gasteiger partial charge in [-0.3, -0.25) is 9.69 Å². The molecule has 2 atom stereocenters. The predicted molar refractivity (Wildman–Crippen MR) is 122 cm³/mol. The Bertz CT molecular complexity index is 963. The average Bonchev–Trinajstić information content (AvgIpc) is 2.78. The second-order valence-electron chi connectivity index (χ2n) is 8.42. The molecule has 0 unspecified atom stereocenters. The number of hydrogen-bond acceptors (Lipinski definition) is 3. The van der Waals surface area contributed by atoms with Crippen molar-refractivity contribution in [2.45, 2.75) is 39.3 Å². The number of carbonyl (C=O) groups is 2. The molecule has 4 rings (SSSR count). The molecule has 2 aromatic carbocycles. The Hall–Kier alpha value is -2.73. The highest BCUT2D eigenvalue weighted by Gasteiger charge is 2.34. The Balaban J connectivity index is 1.41. The maximum Gasteiger partial charge on any atom is 0.324 e. The summed E-state index contributed by atoms with van der Waals surface area (Å²) in [6, 6.07) is 13.3. The van der Waals surface area contributed by atoms with E-state index in [1.54, 1.807) is 9.80 Å². The van der Waals surface area contributed by atoms with Crippen LogP contribution in [0.2, 0.25) is 5.02 Å². The van der Waals surface area contributed by atoms with Crippen molar-refractivity contribution in [1.82, 2.24) is 10.2 Å². The number of urea groups is 1. The summed E-state index contributed by atoms with van der Waals surface area (Å²) in [6.45, 7) is 6.01. The van der Waals surface area contributed by atoms with E-state index in [1.165, 1.54) is 0 Å². The van der Waals surface area contributed by atoms with Crippen molar-refractivity contribution in [2.24, 2.45) is 5.92 Å². The summed E-state index contributed by atoms with van der Waals surface area (Å²) in [5, 5.41) is 3.68. The Morgan fingerprint density at radius 3 is 2.71 bits per heavy atom. The Morgan fingerprint density at radius 1 is 1.16 bits per heavy atom. The summed E-state index contributed by atoms with van der Waals surface area (Å²) in [5.41, 5.74) is 2.88. The molecule has 0 aromatic heterocycles. The molecule has 7 heteroatoms. The van der Waals surface area contributed by atoms with Crippen LogP contribution in [-0.2, 0) is 11.3 Å². The van der Waals surface area contributed by atoms with E-state index in [-0.39, 0.29) is 24.0 Å². The first-order chi connectivity index (χ1) is 14.9. The van der Waals surface area contributed by atoms with Crippen molar-refractivity contribution in [2.75, 3.05) is 24.5 Å². The molecule has 0 radical (unpaired) electrons. The fraction of sp³-hybridized carbons (Fsp3) is 0.417. The van der Waals surface area contributed by atoms with Crippen LogP contribution in [0.3, 0.4) is 0 Å². The number of nitrogens with zero attached hydrogens (tertiary/aromatic N) is 2.